The highest BCUT2D eigenvalue weighted by atomic mass is 16.2. The van der Waals surface area contributed by atoms with Gasteiger partial charge in [-0.3, -0.25) is 9.48 Å². The first-order valence-electron chi connectivity index (χ1n) is 14.9. The number of likely N-dealkylation sites (tertiary alicyclic amines) is 2. The largest absolute Gasteiger partial charge is 0.360 e. The molecule has 218 valence electrons. The quantitative estimate of drug-likeness (QED) is 0.321. The minimum absolute atomic E-state index is 0.0665. The first kappa shape index (κ1) is 27.4. The number of nitrogens with zero attached hydrogens (tertiary/aromatic N) is 8. The van der Waals surface area contributed by atoms with Crippen LogP contribution in [-0.4, -0.2) is 67.1 Å². The molecule has 3 aliphatic heterocycles. The lowest BCUT2D eigenvalue weighted by Gasteiger charge is -2.40. The summed E-state index contributed by atoms with van der Waals surface area (Å²) in [5, 5.41) is 18.6. The average molecular weight is 581 g/mol. The maximum Gasteiger partial charge on any atom is 0.253 e. The van der Waals surface area contributed by atoms with Crippen molar-refractivity contribution in [3.8, 4) is 29.5 Å². The number of allylic oxidation sites excluding steroid dienone is 2. The highest BCUT2D eigenvalue weighted by Gasteiger charge is 2.42. The predicted molar refractivity (Wildman–Crippen MR) is 169 cm³/mol. The molecule has 6 heterocycles. The molecule has 0 bridgehead atoms. The standard InChI is InChI=1S/C35H32N8O/c1-3-25-6-4-7-26(16-25)34(44)42-15-12-35(24-42)10-13-41(14-11-35)32-9-5-8-27(19-37-32)31-17-28(30-21-38-40(2)22-30)23-43-33(31)29(18-36)20-39-43/h1,4-8,16-17,19-23H,9-15,24H2,2H3. The van der Waals surface area contributed by atoms with Crippen LogP contribution in [0, 0.1) is 29.1 Å². The van der Waals surface area contributed by atoms with Crippen molar-refractivity contribution < 1.29 is 4.79 Å². The third kappa shape index (κ3) is 4.97. The SMILES string of the molecule is C#Cc1cccc(C(=O)N2CCC3(CCN(C4=NC=C(c5cc(-c6cnn(C)c6)cn6ncc(C#N)c56)C=CC4)CC3)C2)c1. The Hall–Kier alpha value is -5.41. The Kier molecular flexibility index (Phi) is 6.87. The van der Waals surface area contributed by atoms with Crippen LogP contribution in [0.4, 0.5) is 0 Å². The van der Waals surface area contributed by atoms with E-state index in [0.717, 1.165) is 91.0 Å². The highest BCUT2D eigenvalue weighted by Crippen LogP contribution is 2.41. The maximum absolute atomic E-state index is 13.2. The van der Waals surface area contributed by atoms with Crippen molar-refractivity contribution in [2.45, 2.75) is 25.7 Å². The number of rotatable bonds is 3. The van der Waals surface area contributed by atoms with Crippen molar-refractivity contribution in [1.29, 1.82) is 5.26 Å². The first-order valence-corrected chi connectivity index (χ1v) is 14.9. The van der Waals surface area contributed by atoms with Gasteiger partial charge >= 0.3 is 0 Å². The Labute approximate surface area is 256 Å². The number of terminal acetylenes is 1. The van der Waals surface area contributed by atoms with Crippen LogP contribution in [0.1, 0.15) is 52.7 Å². The molecular weight excluding hydrogens is 548 g/mol. The third-order valence-electron chi connectivity index (χ3n) is 9.22. The number of hydrogen-bond donors (Lipinski definition) is 0. The van der Waals surface area contributed by atoms with Gasteiger partial charge in [0.15, 0.2) is 0 Å². The zero-order chi connectivity index (χ0) is 30.3. The van der Waals surface area contributed by atoms with Crippen LogP contribution in [0.5, 0.6) is 0 Å². The molecule has 4 aromatic rings. The van der Waals surface area contributed by atoms with Crippen LogP contribution in [0.2, 0.25) is 0 Å². The van der Waals surface area contributed by atoms with Gasteiger partial charge in [-0.15, -0.1) is 6.42 Å². The number of piperidine rings is 1. The Morgan fingerprint density at radius 1 is 1.05 bits per heavy atom. The van der Waals surface area contributed by atoms with E-state index >= 15 is 0 Å². The van der Waals surface area contributed by atoms with E-state index in [2.05, 4.69) is 45.3 Å². The molecule has 1 spiro atoms. The summed E-state index contributed by atoms with van der Waals surface area (Å²) in [5.41, 5.74) is 6.60. The molecule has 44 heavy (non-hydrogen) atoms. The van der Waals surface area contributed by atoms with Crippen LogP contribution in [0.25, 0.3) is 22.2 Å². The van der Waals surface area contributed by atoms with Crippen molar-refractivity contribution in [1.82, 2.24) is 29.2 Å². The molecular formula is C35H32N8O. The van der Waals surface area contributed by atoms with Gasteiger partial charge < -0.3 is 9.80 Å². The van der Waals surface area contributed by atoms with Gasteiger partial charge in [0.25, 0.3) is 5.91 Å². The van der Waals surface area contributed by atoms with Gasteiger partial charge in [-0.05, 0) is 48.9 Å². The Morgan fingerprint density at radius 2 is 1.89 bits per heavy atom. The summed E-state index contributed by atoms with van der Waals surface area (Å²) >= 11 is 0. The second-order valence-corrected chi connectivity index (χ2v) is 11.9. The average Bonchev–Trinajstić information content (AvgIpc) is 3.75. The molecule has 0 aliphatic carbocycles. The highest BCUT2D eigenvalue weighted by molar-refractivity contribution is 5.95. The summed E-state index contributed by atoms with van der Waals surface area (Å²) in [6.07, 6.45) is 22.8. The first-order chi connectivity index (χ1) is 21.4. The molecule has 1 amide bonds. The molecule has 2 fully saturated rings. The van der Waals surface area contributed by atoms with E-state index in [-0.39, 0.29) is 11.3 Å². The second kappa shape index (κ2) is 11.0. The van der Waals surface area contributed by atoms with Gasteiger partial charge in [0.2, 0.25) is 0 Å². The normalized spacial score (nSPS) is 17.7. The number of amidine groups is 1. The van der Waals surface area contributed by atoms with E-state index in [1.807, 2.05) is 61.0 Å². The topological polar surface area (TPSA) is 94.8 Å². The summed E-state index contributed by atoms with van der Waals surface area (Å²) < 4.78 is 3.54. The fraction of sp³-hybridized carbons (Fsp3) is 0.286. The van der Waals surface area contributed by atoms with Gasteiger partial charge in [0.05, 0.1) is 23.5 Å². The summed E-state index contributed by atoms with van der Waals surface area (Å²) in [4.78, 5) is 22.6. The predicted octanol–water partition coefficient (Wildman–Crippen LogP) is 4.92. The van der Waals surface area contributed by atoms with E-state index < -0.39 is 0 Å². The molecule has 9 nitrogen and oxygen atoms in total. The summed E-state index contributed by atoms with van der Waals surface area (Å²) in [6.45, 7) is 3.38. The van der Waals surface area contributed by atoms with E-state index in [1.54, 1.807) is 15.4 Å². The van der Waals surface area contributed by atoms with Gasteiger partial charge in [0, 0.05) is 91.6 Å². The lowest BCUT2D eigenvalue weighted by Crippen LogP contribution is -2.44. The number of aryl methyl sites for hydroxylation is 1. The second-order valence-electron chi connectivity index (χ2n) is 11.9. The molecule has 7 rings (SSSR count). The number of nitriles is 1. The molecule has 0 radical (unpaired) electrons. The van der Waals surface area contributed by atoms with Crippen LogP contribution in [0.3, 0.4) is 0 Å². The zero-order valence-electron chi connectivity index (χ0n) is 24.6. The van der Waals surface area contributed by atoms with E-state index in [4.69, 9.17) is 11.4 Å². The molecule has 2 saturated heterocycles. The number of amides is 1. The van der Waals surface area contributed by atoms with Crippen LogP contribution in [0.15, 0.2) is 78.5 Å². The number of pyridine rings is 1. The van der Waals surface area contributed by atoms with Gasteiger partial charge in [-0.2, -0.15) is 15.5 Å². The van der Waals surface area contributed by atoms with E-state index in [1.165, 1.54) is 0 Å². The number of aromatic nitrogens is 4. The molecule has 3 aromatic heterocycles. The summed E-state index contributed by atoms with van der Waals surface area (Å²) in [6, 6.07) is 11.7. The Balaban J connectivity index is 1.09. The molecule has 3 aliphatic rings. The minimum Gasteiger partial charge on any atom is -0.360 e. The van der Waals surface area contributed by atoms with Gasteiger partial charge in [0.1, 0.15) is 11.9 Å². The minimum atomic E-state index is 0.0665. The van der Waals surface area contributed by atoms with Crippen LogP contribution >= 0.6 is 0 Å². The fourth-order valence-electron chi connectivity index (χ4n) is 6.73. The van der Waals surface area contributed by atoms with Crippen LogP contribution in [-0.2, 0) is 7.05 Å². The lowest BCUT2D eigenvalue weighted by atomic mass is 9.77. The molecule has 1 aromatic carbocycles. The molecule has 0 saturated carbocycles. The molecule has 0 atom stereocenters. The Bertz CT molecular complexity index is 1950. The number of carbonyl (C=O) groups excluding carboxylic acids is 1. The molecule has 0 unspecified atom stereocenters. The van der Waals surface area contributed by atoms with E-state index in [0.29, 0.717) is 11.1 Å². The van der Waals surface area contributed by atoms with Gasteiger partial charge in [-0.25, -0.2) is 9.51 Å². The maximum atomic E-state index is 13.2. The summed E-state index contributed by atoms with van der Waals surface area (Å²) in [5.74, 6) is 3.73. The van der Waals surface area contributed by atoms with Gasteiger partial charge in [-0.1, -0.05) is 24.1 Å². The van der Waals surface area contributed by atoms with Crippen molar-refractivity contribution in [3.05, 3.63) is 95.7 Å². The number of carbonyl (C=O) groups is 1. The number of aliphatic imine (C=N–C) groups is 1. The smallest absolute Gasteiger partial charge is 0.253 e. The van der Waals surface area contributed by atoms with Crippen molar-refractivity contribution in [2.24, 2.45) is 17.5 Å². The van der Waals surface area contributed by atoms with E-state index in [9.17, 15) is 10.1 Å². The fourth-order valence-corrected chi connectivity index (χ4v) is 6.73. The Morgan fingerprint density at radius 3 is 2.66 bits per heavy atom. The number of benzene rings is 1. The zero-order valence-corrected chi connectivity index (χ0v) is 24.6. The summed E-state index contributed by atoms with van der Waals surface area (Å²) in [7, 11) is 1.89. The van der Waals surface area contributed by atoms with Crippen molar-refractivity contribution in [3.63, 3.8) is 0 Å². The molecule has 9 heteroatoms. The van der Waals surface area contributed by atoms with Crippen molar-refractivity contribution in [2.75, 3.05) is 26.2 Å². The monoisotopic (exact) mass is 580 g/mol. The van der Waals surface area contributed by atoms with Crippen molar-refractivity contribution >= 4 is 22.8 Å². The lowest BCUT2D eigenvalue weighted by molar-refractivity contribution is 0.0748. The number of fused-ring (bicyclic) bond motifs is 1. The molecule has 0 N–H and O–H groups in total. The third-order valence-corrected chi connectivity index (χ3v) is 9.22. The number of hydrogen-bond acceptors (Lipinski definition) is 6. The van der Waals surface area contributed by atoms with Crippen LogP contribution < -0.4 is 0 Å².